The highest BCUT2D eigenvalue weighted by Gasteiger charge is 2.10. The number of anilines is 3. The first kappa shape index (κ1) is 21.7. The monoisotopic (exact) mass is 418 g/mol. The van der Waals surface area contributed by atoms with Gasteiger partial charge in [-0.2, -0.15) is 0 Å². The van der Waals surface area contributed by atoms with E-state index in [9.17, 15) is 9.59 Å². The van der Waals surface area contributed by atoms with E-state index >= 15 is 0 Å². The summed E-state index contributed by atoms with van der Waals surface area (Å²) in [5.41, 5.74) is 3.00. The number of hydrogen-bond acceptors (Lipinski definition) is 3. The molecule has 0 fully saturated rings. The molecule has 0 heterocycles. The fourth-order valence-corrected chi connectivity index (χ4v) is 2.75. The van der Waals surface area contributed by atoms with Crippen molar-refractivity contribution in [2.24, 2.45) is 0 Å². The van der Waals surface area contributed by atoms with Crippen LogP contribution in [0, 0.1) is 6.92 Å². The second-order valence-corrected chi connectivity index (χ2v) is 7.04. The molecule has 0 saturated carbocycles. The number of rotatable bonds is 7. The van der Waals surface area contributed by atoms with Crippen molar-refractivity contribution < 1.29 is 14.3 Å². The maximum atomic E-state index is 12.4. The molecule has 3 aromatic rings. The standard InChI is InChI=1S/C24H26N4O3/c1-18-11-13-22(14-12-18)31-16-15-28(2)24(30)27-21-10-6-9-20(17-21)26-23(29)25-19-7-4-3-5-8-19/h3-14,17H,15-16H2,1-2H3,(H,27,30)(H2,25,26,29). The molecule has 0 unspecified atom stereocenters. The molecule has 4 amide bonds. The van der Waals surface area contributed by atoms with E-state index in [0.717, 1.165) is 11.3 Å². The molecule has 3 N–H and O–H groups in total. The van der Waals surface area contributed by atoms with Crippen molar-refractivity contribution in [2.45, 2.75) is 6.92 Å². The van der Waals surface area contributed by atoms with Gasteiger partial charge in [0.15, 0.2) is 0 Å². The van der Waals surface area contributed by atoms with Gasteiger partial charge < -0.3 is 25.6 Å². The SMILES string of the molecule is Cc1ccc(OCCN(C)C(=O)Nc2cccc(NC(=O)Nc3ccccc3)c2)cc1. The summed E-state index contributed by atoms with van der Waals surface area (Å²) in [7, 11) is 1.70. The minimum Gasteiger partial charge on any atom is -0.492 e. The molecule has 0 spiro atoms. The van der Waals surface area contributed by atoms with Crippen LogP contribution >= 0.6 is 0 Å². The highest BCUT2D eigenvalue weighted by Crippen LogP contribution is 2.16. The van der Waals surface area contributed by atoms with E-state index in [-0.39, 0.29) is 12.1 Å². The average molecular weight is 418 g/mol. The van der Waals surface area contributed by atoms with E-state index in [0.29, 0.717) is 30.2 Å². The number of nitrogens with zero attached hydrogens (tertiary/aromatic N) is 1. The molecule has 0 aliphatic rings. The fraction of sp³-hybridized carbons (Fsp3) is 0.167. The molecule has 3 rings (SSSR count). The van der Waals surface area contributed by atoms with Gasteiger partial charge >= 0.3 is 12.1 Å². The van der Waals surface area contributed by atoms with Gasteiger partial charge in [0.1, 0.15) is 12.4 Å². The lowest BCUT2D eigenvalue weighted by Gasteiger charge is -2.18. The maximum Gasteiger partial charge on any atom is 0.323 e. The van der Waals surface area contributed by atoms with E-state index in [1.807, 2.05) is 49.4 Å². The molecule has 7 heteroatoms. The lowest BCUT2D eigenvalue weighted by atomic mass is 10.2. The van der Waals surface area contributed by atoms with Crippen LogP contribution in [-0.2, 0) is 0 Å². The van der Waals surface area contributed by atoms with Crippen LogP contribution in [0.3, 0.4) is 0 Å². The Kier molecular flexibility index (Phi) is 7.48. The lowest BCUT2D eigenvalue weighted by molar-refractivity contribution is 0.207. The lowest BCUT2D eigenvalue weighted by Crippen LogP contribution is -2.34. The van der Waals surface area contributed by atoms with Crippen molar-refractivity contribution in [3.63, 3.8) is 0 Å². The van der Waals surface area contributed by atoms with Gasteiger partial charge in [-0.25, -0.2) is 9.59 Å². The van der Waals surface area contributed by atoms with Crippen LogP contribution in [0.5, 0.6) is 5.75 Å². The summed E-state index contributed by atoms with van der Waals surface area (Å²) in [6, 6.07) is 23.3. The fourth-order valence-electron chi connectivity index (χ4n) is 2.75. The van der Waals surface area contributed by atoms with E-state index < -0.39 is 0 Å². The van der Waals surface area contributed by atoms with Crippen molar-refractivity contribution in [1.29, 1.82) is 0 Å². The Hall–Kier alpha value is -4.00. The van der Waals surface area contributed by atoms with Crippen LogP contribution in [-0.4, -0.2) is 37.2 Å². The summed E-state index contributed by atoms with van der Waals surface area (Å²) in [6.07, 6.45) is 0. The quantitative estimate of drug-likeness (QED) is 0.494. The van der Waals surface area contributed by atoms with E-state index in [2.05, 4.69) is 16.0 Å². The smallest absolute Gasteiger partial charge is 0.323 e. The zero-order valence-corrected chi connectivity index (χ0v) is 17.6. The Labute approximate surface area is 182 Å². The summed E-state index contributed by atoms with van der Waals surface area (Å²) in [5, 5.41) is 8.32. The molecule has 0 atom stereocenters. The minimum atomic E-state index is -0.361. The number of urea groups is 2. The van der Waals surface area contributed by atoms with Crippen molar-refractivity contribution in [1.82, 2.24) is 4.90 Å². The van der Waals surface area contributed by atoms with Crippen molar-refractivity contribution in [3.05, 3.63) is 84.4 Å². The van der Waals surface area contributed by atoms with Crippen molar-refractivity contribution in [2.75, 3.05) is 36.1 Å². The Bertz CT molecular complexity index is 1010. The van der Waals surface area contributed by atoms with Crippen LogP contribution in [0.4, 0.5) is 26.7 Å². The molecule has 7 nitrogen and oxygen atoms in total. The van der Waals surface area contributed by atoms with Crippen LogP contribution < -0.4 is 20.7 Å². The second-order valence-electron chi connectivity index (χ2n) is 7.04. The normalized spacial score (nSPS) is 10.1. The largest absolute Gasteiger partial charge is 0.492 e. The predicted molar refractivity (Wildman–Crippen MR) is 124 cm³/mol. The minimum absolute atomic E-state index is 0.265. The number of likely N-dealkylation sites (N-methyl/N-ethyl adjacent to an activating group) is 1. The summed E-state index contributed by atoms with van der Waals surface area (Å²) in [5.74, 6) is 0.770. The Morgan fingerprint density at radius 1 is 0.806 bits per heavy atom. The van der Waals surface area contributed by atoms with E-state index in [4.69, 9.17) is 4.74 Å². The molecule has 0 aromatic heterocycles. The third-order valence-electron chi connectivity index (χ3n) is 4.47. The van der Waals surface area contributed by atoms with Crippen LogP contribution in [0.2, 0.25) is 0 Å². The number of aryl methyl sites for hydroxylation is 1. The number of ether oxygens (including phenoxy) is 1. The second kappa shape index (κ2) is 10.7. The Morgan fingerprint density at radius 3 is 2.13 bits per heavy atom. The highest BCUT2D eigenvalue weighted by atomic mass is 16.5. The molecule has 3 aromatic carbocycles. The van der Waals surface area contributed by atoms with Crippen LogP contribution in [0.25, 0.3) is 0 Å². The molecular formula is C24H26N4O3. The number of amides is 4. The highest BCUT2D eigenvalue weighted by molar-refractivity contribution is 6.00. The molecule has 0 aliphatic carbocycles. The van der Waals surface area contributed by atoms with Gasteiger partial charge in [-0.15, -0.1) is 0 Å². The zero-order chi connectivity index (χ0) is 22.1. The first-order valence-corrected chi connectivity index (χ1v) is 9.94. The zero-order valence-electron chi connectivity index (χ0n) is 17.6. The van der Waals surface area contributed by atoms with E-state index in [1.165, 1.54) is 4.90 Å². The number of carbonyl (C=O) groups is 2. The van der Waals surface area contributed by atoms with Gasteiger partial charge in [0, 0.05) is 24.1 Å². The third kappa shape index (κ3) is 7.08. The van der Waals surface area contributed by atoms with Crippen LogP contribution in [0.15, 0.2) is 78.9 Å². The number of benzene rings is 3. The number of hydrogen-bond donors (Lipinski definition) is 3. The molecule has 0 saturated heterocycles. The molecule has 160 valence electrons. The van der Waals surface area contributed by atoms with Crippen molar-refractivity contribution in [3.8, 4) is 5.75 Å². The van der Waals surface area contributed by atoms with Crippen LogP contribution in [0.1, 0.15) is 5.56 Å². The summed E-state index contributed by atoms with van der Waals surface area (Å²) in [6.45, 7) is 2.83. The number of carbonyl (C=O) groups excluding carboxylic acids is 2. The van der Waals surface area contributed by atoms with Crippen molar-refractivity contribution >= 4 is 29.1 Å². The Balaban J connectivity index is 1.47. The maximum absolute atomic E-state index is 12.4. The molecule has 0 aliphatic heterocycles. The van der Waals surface area contributed by atoms with Gasteiger partial charge in [-0.1, -0.05) is 42.0 Å². The van der Waals surface area contributed by atoms with E-state index in [1.54, 1.807) is 43.4 Å². The van der Waals surface area contributed by atoms with Gasteiger partial charge in [-0.05, 0) is 49.4 Å². The topological polar surface area (TPSA) is 82.7 Å². The molecular weight excluding hydrogens is 392 g/mol. The van der Waals surface area contributed by atoms with Gasteiger partial charge in [-0.3, -0.25) is 0 Å². The average Bonchev–Trinajstić information content (AvgIpc) is 2.76. The summed E-state index contributed by atoms with van der Waals surface area (Å²) in [4.78, 5) is 26.1. The number of para-hydroxylation sites is 1. The number of nitrogens with one attached hydrogen (secondary N) is 3. The summed E-state index contributed by atoms with van der Waals surface area (Å²) >= 11 is 0. The first-order chi connectivity index (χ1) is 15.0. The first-order valence-electron chi connectivity index (χ1n) is 9.94. The van der Waals surface area contributed by atoms with Gasteiger partial charge in [0.25, 0.3) is 0 Å². The van der Waals surface area contributed by atoms with Gasteiger partial charge in [0.2, 0.25) is 0 Å². The van der Waals surface area contributed by atoms with Gasteiger partial charge in [0.05, 0.1) is 6.54 Å². The predicted octanol–water partition coefficient (Wildman–Crippen LogP) is 5.18. The molecule has 31 heavy (non-hydrogen) atoms. The molecule has 0 radical (unpaired) electrons. The third-order valence-corrected chi connectivity index (χ3v) is 4.47. The Morgan fingerprint density at radius 2 is 1.42 bits per heavy atom. The summed E-state index contributed by atoms with van der Waals surface area (Å²) < 4.78 is 5.67. The molecule has 0 bridgehead atoms.